The summed E-state index contributed by atoms with van der Waals surface area (Å²) in [7, 11) is -3.88. The number of benzene rings is 2. The molecular weight excluding hydrogens is 388 g/mol. The molecule has 0 spiro atoms. The van der Waals surface area contributed by atoms with Gasteiger partial charge in [0.15, 0.2) is 6.10 Å². The van der Waals surface area contributed by atoms with E-state index in [1.165, 1.54) is 49.0 Å². The molecule has 2 aromatic carbocycles. The van der Waals surface area contributed by atoms with Crippen LogP contribution >= 0.6 is 11.8 Å². The summed E-state index contributed by atoms with van der Waals surface area (Å²) >= 11 is 1.34. The van der Waals surface area contributed by atoms with Gasteiger partial charge in [0.1, 0.15) is 0 Å². The molecule has 0 fully saturated rings. The molecule has 0 aliphatic carbocycles. The van der Waals surface area contributed by atoms with Gasteiger partial charge in [-0.2, -0.15) is 0 Å². The van der Waals surface area contributed by atoms with E-state index in [0.29, 0.717) is 0 Å². The second-order valence-electron chi connectivity index (χ2n) is 5.37. The first-order valence-electron chi connectivity index (χ1n) is 7.78. The van der Waals surface area contributed by atoms with E-state index in [9.17, 15) is 18.0 Å². The van der Waals surface area contributed by atoms with Crippen LogP contribution in [0.3, 0.4) is 0 Å². The number of anilines is 1. The van der Waals surface area contributed by atoms with Crippen LogP contribution in [0.5, 0.6) is 0 Å². The highest BCUT2D eigenvalue weighted by atomic mass is 32.2. The summed E-state index contributed by atoms with van der Waals surface area (Å²) in [5.74, 6) is -1.27. The highest BCUT2D eigenvalue weighted by Crippen LogP contribution is 2.18. The van der Waals surface area contributed by atoms with E-state index in [-0.39, 0.29) is 10.6 Å². The average molecular weight is 406 g/mol. The Morgan fingerprint density at radius 1 is 1.15 bits per heavy atom. The van der Waals surface area contributed by atoms with E-state index in [4.69, 9.17) is 9.88 Å². The zero-order valence-electron chi connectivity index (χ0n) is 14.4. The quantitative estimate of drug-likeness (QED) is 0.415. The molecule has 0 saturated carbocycles. The van der Waals surface area contributed by atoms with Crippen molar-refractivity contribution < 1.29 is 22.7 Å². The van der Waals surface area contributed by atoms with Gasteiger partial charge in [-0.05, 0) is 42.7 Å². The van der Waals surface area contributed by atoms with E-state index in [2.05, 4.69) is 5.32 Å². The molecule has 7 nitrogen and oxygen atoms in total. The highest BCUT2D eigenvalue weighted by Gasteiger charge is 2.17. The summed E-state index contributed by atoms with van der Waals surface area (Å²) in [5.41, 5.74) is 0.226. The van der Waals surface area contributed by atoms with Crippen molar-refractivity contribution in [3.8, 4) is 0 Å². The van der Waals surface area contributed by atoms with Crippen molar-refractivity contribution in [3.63, 3.8) is 0 Å². The van der Waals surface area contributed by atoms with Gasteiger partial charge >= 0.3 is 5.97 Å². The summed E-state index contributed by atoms with van der Waals surface area (Å²) in [4.78, 5) is 24.7. The first-order chi connectivity index (χ1) is 12.8. The SMILES string of the molecule is C[C@H](OC(=O)/C=C/Sc1ccccc1)C(=O)Nc1cccc(S(N)(=O)=O)c1. The van der Waals surface area contributed by atoms with E-state index >= 15 is 0 Å². The Hall–Kier alpha value is -2.62. The number of carbonyl (C=O) groups excluding carboxylic acids is 2. The number of nitrogens with two attached hydrogens (primary N) is 1. The van der Waals surface area contributed by atoms with Crippen molar-refractivity contribution in [1.82, 2.24) is 0 Å². The third kappa shape index (κ3) is 6.89. The van der Waals surface area contributed by atoms with Crippen LogP contribution in [0.4, 0.5) is 5.69 Å². The number of hydrogen-bond donors (Lipinski definition) is 2. The fourth-order valence-corrected chi connectivity index (χ4v) is 3.14. The number of primary sulfonamides is 1. The van der Waals surface area contributed by atoms with Gasteiger partial charge in [-0.25, -0.2) is 18.4 Å². The lowest BCUT2D eigenvalue weighted by Crippen LogP contribution is -2.29. The minimum atomic E-state index is -3.88. The zero-order valence-corrected chi connectivity index (χ0v) is 16.0. The molecule has 0 saturated heterocycles. The Balaban J connectivity index is 1.89. The Labute approximate surface area is 161 Å². The predicted molar refractivity (Wildman–Crippen MR) is 103 cm³/mol. The molecule has 1 atom stereocenters. The first-order valence-corrected chi connectivity index (χ1v) is 10.2. The number of esters is 1. The van der Waals surface area contributed by atoms with E-state index < -0.39 is 28.0 Å². The molecule has 0 unspecified atom stereocenters. The number of ether oxygens (including phenoxy) is 1. The van der Waals surface area contributed by atoms with Crippen LogP contribution in [0.2, 0.25) is 0 Å². The molecule has 0 aliphatic rings. The number of sulfonamides is 1. The lowest BCUT2D eigenvalue weighted by Gasteiger charge is -2.12. The molecule has 0 radical (unpaired) electrons. The molecule has 0 aromatic heterocycles. The Bertz CT molecular complexity index is 943. The van der Waals surface area contributed by atoms with Crippen molar-refractivity contribution in [3.05, 3.63) is 66.1 Å². The third-order valence-corrected chi connectivity index (χ3v) is 4.97. The number of amides is 1. The third-order valence-electron chi connectivity index (χ3n) is 3.24. The molecule has 1 amide bonds. The summed E-state index contributed by atoms with van der Waals surface area (Å²) in [6, 6.07) is 14.9. The molecule has 9 heteroatoms. The first kappa shape index (κ1) is 20.7. The second-order valence-corrected chi connectivity index (χ2v) is 7.92. The molecular formula is C18H18N2O5S2. The number of thioether (sulfide) groups is 1. The standard InChI is InChI=1S/C18H18N2O5S2/c1-13(25-17(21)10-11-26-15-7-3-2-4-8-15)18(22)20-14-6-5-9-16(12-14)27(19,23)24/h2-13H,1H3,(H,20,22)(H2,19,23,24)/b11-10+/t13-/m0/s1. The van der Waals surface area contributed by atoms with Gasteiger partial charge in [0.2, 0.25) is 10.0 Å². The van der Waals surface area contributed by atoms with Gasteiger partial charge in [-0.15, -0.1) is 0 Å². The summed E-state index contributed by atoms with van der Waals surface area (Å²) in [6.45, 7) is 1.41. The van der Waals surface area contributed by atoms with Gasteiger partial charge in [-0.3, -0.25) is 4.79 Å². The molecule has 0 bridgehead atoms. The van der Waals surface area contributed by atoms with Crippen LogP contribution in [0.1, 0.15) is 6.92 Å². The van der Waals surface area contributed by atoms with Crippen LogP contribution in [0.15, 0.2) is 75.9 Å². The minimum Gasteiger partial charge on any atom is -0.449 e. The monoisotopic (exact) mass is 406 g/mol. The summed E-state index contributed by atoms with van der Waals surface area (Å²) in [5, 5.41) is 9.09. The molecule has 0 aliphatic heterocycles. The molecule has 142 valence electrons. The summed E-state index contributed by atoms with van der Waals surface area (Å²) < 4.78 is 27.7. The Morgan fingerprint density at radius 2 is 1.85 bits per heavy atom. The van der Waals surface area contributed by atoms with Crippen LogP contribution < -0.4 is 10.5 Å². The Morgan fingerprint density at radius 3 is 2.52 bits per heavy atom. The van der Waals surface area contributed by atoms with Gasteiger partial charge in [0, 0.05) is 16.7 Å². The van der Waals surface area contributed by atoms with E-state index in [0.717, 1.165) is 4.90 Å². The summed E-state index contributed by atoms with van der Waals surface area (Å²) in [6.07, 6.45) is 0.158. The second kappa shape index (κ2) is 9.36. The van der Waals surface area contributed by atoms with Crippen LogP contribution in [-0.4, -0.2) is 26.4 Å². The van der Waals surface area contributed by atoms with Crippen molar-refractivity contribution in [2.75, 3.05) is 5.32 Å². The minimum absolute atomic E-state index is 0.134. The van der Waals surface area contributed by atoms with Crippen LogP contribution in [0.25, 0.3) is 0 Å². The Kier molecular flexibility index (Phi) is 7.17. The lowest BCUT2D eigenvalue weighted by molar-refractivity contribution is -0.148. The van der Waals surface area contributed by atoms with Gasteiger partial charge in [-0.1, -0.05) is 36.0 Å². The predicted octanol–water partition coefficient (Wildman–Crippen LogP) is 2.51. The van der Waals surface area contributed by atoms with Crippen LogP contribution in [-0.2, 0) is 24.3 Å². The fourth-order valence-electron chi connectivity index (χ4n) is 1.93. The largest absolute Gasteiger partial charge is 0.449 e. The molecule has 2 aromatic rings. The molecule has 3 N–H and O–H groups in total. The molecule has 2 rings (SSSR count). The van der Waals surface area contributed by atoms with Crippen molar-refractivity contribution >= 4 is 39.3 Å². The topological polar surface area (TPSA) is 116 Å². The maximum absolute atomic E-state index is 12.1. The van der Waals surface area contributed by atoms with E-state index in [1.807, 2.05) is 30.3 Å². The number of hydrogen-bond acceptors (Lipinski definition) is 6. The van der Waals surface area contributed by atoms with Gasteiger partial charge in [0.05, 0.1) is 4.90 Å². The number of nitrogens with one attached hydrogen (secondary N) is 1. The highest BCUT2D eigenvalue weighted by molar-refractivity contribution is 8.02. The fraction of sp³-hybridized carbons (Fsp3) is 0.111. The number of rotatable bonds is 7. The van der Waals surface area contributed by atoms with Crippen molar-refractivity contribution in [1.29, 1.82) is 0 Å². The van der Waals surface area contributed by atoms with Gasteiger partial charge < -0.3 is 10.1 Å². The zero-order chi connectivity index (χ0) is 19.9. The molecule has 0 heterocycles. The maximum Gasteiger partial charge on any atom is 0.332 e. The number of carbonyl (C=O) groups is 2. The smallest absolute Gasteiger partial charge is 0.332 e. The van der Waals surface area contributed by atoms with Gasteiger partial charge in [0.25, 0.3) is 5.91 Å². The van der Waals surface area contributed by atoms with Crippen molar-refractivity contribution in [2.24, 2.45) is 5.14 Å². The lowest BCUT2D eigenvalue weighted by atomic mass is 10.3. The average Bonchev–Trinajstić information content (AvgIpc) is 2.62. The normalized spacial score (nSPS) is 12.5. The maximum atomic E-state index is 12.1. The van der Waals surface area contributed by atoms with E-state index in [1.54, 1.807) is 5.41 Å². The molecule has 27 heavy (non-hydrogen) atoms. The van der Waals surface area contributed by atoms with Crippen LogP contribution in [0, 0.1) is 0 Å². The van der Waals surface area contributed by atoms with Crippen molar-refractivity contribution in [2.45, 2.75) is 22.8 Å².